The van der Waals surface area contributed by atoms with Crippen molar-refractivity contribution in [2.45, 2.75) is 82.1 Å². The van der Waals surface area contributed by atoms with Crippen LogP contribution in [0.5, 0.6) is 0 Å². The molecule has 0 bridgehead atoms. The molecule has 0 saturated heterocycles. The molecule has 4 rings (SSSR count). The van der Waals surface area contributed by atoms with Crippen LogP contribution in [0.2, 0.25) is 5.02 Å². The summed E-state index contributed by atoms with van der Waals surface area (Å²) in [5, 5.41) is 6.45. The zero-order chi connectivity index (χ0) is 26.9. The van der Waals surface area contributed by atoms with Gasteiger partial charge in [-0.3, -0.25) is 0 Å². The summed E-state index contributed by atoms with van der Waals surface area (Å²) < 4.78 is 14.9. The Morgan fingerprint density at radius 1 is 0.676 bits per heavy atom. The van der Waals surface area contributed by atoms with Crippen molar-refractivity contribution in [3.63, 3.8) is 0 Å². The Bertz CT molecular complexity index is 1390. The molecule has 194 valence electrons. The first kappa shape index (κ1) is 27.4. The molecule has 4 aromatic rings. The van der Waals surface area contributed by atoms with Crippen molar-refractivity contribution in [3.05, 3.63) is 100 Å². The third-order valence-electron chi connectivity index (χ3n) is 7.05. The van der Waals surface area contributed by atoms with E-state index in [4.69, 9.17) is 11.6 Å². The molecule has 0 aliphatic carbocycles. The van der Waals surface area contributed by atoms with Crippen molar-refractivity contribution < 1.29 is 4.21 Å². The number of nitrogens with one attached hydrogen (secondary N) is 1. The van der Waals surface area contributed by atoms with Crippen molar-refractivity contribution in [2.75, 3.05) is 5.32 Å². The summed E-state index contributed by atoms with van der Waals surface area (Å²) >= 11 is 6.11. The minimum Gasteiger partial charge on any atom is -0.378 e. The van der Waals surface area contributed by atoms with Gasteiger partial charge < -0.3 is 5.32 Å². The summed E-state index contributed by atoms with van der Waals surface area (Å²) in [5.74, 6) is 0.936. The fraction of sp³-hybridized carbons (Fsp3) is 0.333. The highest BCUT2D eigenvalue weighted by atomic mass is 35.5. The van der Waals surface area contributed by atoms with Gasteiger partial charge in [0.05, 0.1) is 20.6 Å². The number of halogens is 1. The van der Waals surface area contributed by atoms with E-state index in [0.717, 1.165) is 31.8 Å². The minimum absolute atomic E-state index is 0.0512. The Labute approximate surface area is 229 Å². The molecule has 1 N–H and O–H groups in total. The summed E-state index contributed by atoms with van der Waals surface area (Å²) in [6, 6.07) is 24.8. The topological polar surface area (TPSA) is 29.1 Å². The van der Waals surface area contributed by atoms with Gasteiger partial charge in [0.15, 0.2) is 0 Å². The number of hydrogen-bond donors (Lipinski definition) is 1. The van der Waals surface area contributed by atoms with Crippen LogP contribution in [-0.4, -0.2) is 4.21 Å². The molecular formula is C33H38ClNOS. The van der Waals surface area contributed by atoms with Crippen LogP contribution in [-0.2, 0) is 10.8 Å². The Kier molecular flexibility index (Phi) is 8.46. The zero-order valence-corrected chi connectivity index (χ0v) is 24.5. The first-order valence-electron chi connectivity index (χ1n) is 13.2. The number of hydrogen-bond acceptors (Lipinski definition) is 2. The Morgan fingerprint density at radius 3 is 1.84 bits per heavy atom. The predicted octanol–water partition coefficient (Wildman–Crippen LogP) is 10.2. The zero-order valence-electron chi connectivity index (χ0n) is 22.9. The molecule has 0 heterocycles. The molecule has 2 atom stereocenters. The molecule has 4 aromatic carbocycles. The molecule has 0 spiro atoms. The SMILES string of the molecule is CC(C)c1cc(C(C)C)c(S(=O)c2c(C(C)Nc3ccc(Cl)cc3)ccc3ccccc23)c(C(C)C)c1. The van der Waals surface area contributed by atoms with E-state index >= 15 is 0 Å². The molecule has 0 aliphatic heterocycles. The minimum atomic E-state index is -1.36. The van der Waals surface area contributed by atoms with Gasteiger partial charge in [-0.05, 0) is 82.0 Å². The molecule has 0 amide bonds. The summed E-state index contributed by atoms with van der Waals surface area (Å²) in [6.07, 6.45) is 0. The maximum atomic E-state index is 14.9. The van der Waals surface area contributed by atoms with Gasteiger partial charge in [-0.25, -0.2) is 4.21 Å². The van der Waals surface area contributed by atoms with Gasteiger partial charge in [-0.1, -0.05) is 102 Å². The van der Waals surface area contributed by atoms with Crippen molar-refractivity contribution in [2.24, 2.45) is 0 Å². The normalized spacial score (nSPS) is 13.5. The molecule has 2 nitrogen and oxygen atoms in total. The van der Waals surface area contributed by atoms with E-state index in [1.165, 1.54) is 16.7 Å². The van der Waals surface area contributed by atoms with Crippen LogP contribution in [0, 0.1) is 0 Å². The molecule has 0 fully saturated rings. The van der Waals surface area contributed by atoms with Gasteiger partial charge in [0.2, 0.25) is 0 Å². The lowest BCUT2D eigenvalue weighted by molar-refractivity contribution is 0.674. The van der Waals surface area contributed by atoms with E-state index < -0.39 is 10.8 Å². The molecule has 0 saturated carbocycles. The third kappa shape index (κ3) is 5.78. The first-order valence-corrected chi connectivity index (χ1v) is 14.7. The number of fused-ring (bicyclic) bond motifs is 1. The average molecular weight is 532 g/mol. The van der Waals surface area contributed by atoms with Crippen molar-refractivity contribution >= 4 is 38.9 Å². The van der Waals surface area contributed by atoms with Crippen LogP contribution in [0.15, 0.2) is 82.6 Å². The fourth-order valence-corrected chi connectivity index (χ4v) is 7.08. The van der Waals surface area contributed by atoms with Crippen molar-refractivity contribution in [1.82, 2.24) is 0 Å². The molecule has 4 heteroatoms. The lowest BCUT2D eigenvalue weighted by Gasteiger charge is -2.25. The van der Waals surface area contributed by atoms with Crippen LogP contribution >= 0.6 is 11.6 Å². The van der Waals surface area contributed by atoms with Crippen LogP contribution in [0.1, 0.15) is 94.5 Å². The molecule has 0 aliphatic rings. The largest absolute Gasteiger partial charge is 0.378 e. The summed E-state index contributed by atoms with van der Waals surface area (Å²) in [7, 11) is -1.36. The van der Waals surface area contributed by atoms with E-state index in [9.17, 15) is 4.21 Å². The fourth-order valence-electron chi connectivity index (χ4n) is 4.89. The molecule has 37 heavy (non-hydrogen) atoms. The molecule has 2 unspecified atom stereocenters. The number of benzene rings is 4. The average Bonchev–Trinajstić information content (AvgIpc) is 2.87. The van der Waals surface area contributed by atoms with Crippen LogP contribution in [0.25, 0.3) is 10.8 Å². The van der Waals surface area contributed by atoms with Gasteiger partial charge in [0, 0.05) is 16.8 Å². The Balaban J connectivity index is 1.95. The van der Waals surface area contributed by atoms with E-state index in [0.29, 0.717) is 10.9 Å². The van der Waals surface area contributed by atoms with Crippen molar-refractivity contribution in [1.29, 1.82) is 0 Å². The second-order valence-corrected chi connectivity index (χ2v) is 12.6. The first-order chi connectivity index (χ1) is 17.6. The van der Waals surface area contributed by atoms with E-state index in [2.05, 4.69) is 90.2 Å². The van der Waals surface area contributed by atoms with E-state index in [1.807, 2.05) is 36.4 Å². The standard InChI is InChI=1S/C33H38ClNOS/c1-20(2)25-18-30(21(3)4)33(31(19-25)22(5)6)37(36)32-28(17-12-24-10-8-9-11-29(24)32)23(7)35-27-15-13-26(34)14-16-27/h8-23,35H,1-7H3. The quantitative estimate of drug-likeness (QED) is 0.245. The number of anilines is 1. The second kappa shape index (κ2) is 11.4. The van der Waals surface area contributed by atoms with E-state index in [1.54, 1.807) is 0 Å². The Hall–Kier alpha value is -2.62. The highest BCUT2D eigenvalue weighted by Gasteiger charge is 2.26. The summed E-state index contributed by atoms with van der Waals surface area (Å²) in [5.41, 5.74) is 5.71. The second-order valence-electron chi connectivity index (χ2n) is 10.8. The van der Waals surface area contributed by atoms with Gasteiger partial charge in [-0.15, -0.1) is 0 Å². The highest BCUT2D eigenvalue weighted by molar-refractivity contribution is 7.85. The van der Waals surface area contributed by atoms with Gasteiger partial charge in [0.1, 0.15) is 0 Å². The van der Waals surface area contributed by atoms with Crippen LogP contribution < -0.4 is 5.32 Å². The molecule has 0 radical (unpaired) electrons. The molecule has 0 aromatic heterocycles. The van der Waals surface area contributed by atoms with Crippen molar-refractivity contribution in [3.8, 4) is 0 Å². The van der Waals surface area contributed by atoms with E-state index in [-0.39, 0.29) is 17.9 Å². The third-order valence-corrected chi connectivity index (χ3v) is 8.97. The maximum absolute atomic E-state index is 14.9. The lowest BCUT2D eigenvalue weighted by Crippen LogP contribution is -2.14. The molecular weight excluding hydrogens is 494 g/mol. The Morgan fingerprint density at radius 2 is 1.27 bits per heavy atom. The maximum Gasteiger partial charge on any atom is 0.0865 e. The van der Waals surface area contributed by atoms with Gasteiger partial charge >= 0.3 is 0 Å². The predicted molar refractivity (Wildman–Crippen MR) is 161 cm³/mol. The number of rotatable bonds is 8. The van der Waals surface area contributed by atoms with Crippen LogP contribution in [0.3, 0.4) is 0 Å². The summed E-state index contributed by atoms with van der Waals surface area (Å²) in [6.45, 7) is 15.4. The van der Waals surface area contributed by atoms with Crippen LogP contribution in [0.4, 0.5) is 5.69 Å². The summed E-state index contributed by atoms with van der Waals surface area (Å²) in [4.78, 5) is 1.87. The van der Waals surface area contributed by atoms with Gasteiger partial charge in [-0.2, -0.15) is 0 Å². The monoisotopic (exact) mass is 531 g/mol. The highest BCUT2D eigenvalue weighted by Crippen LogP contribution is 2.40. The smallest absolute Gasteiger partial charge is 0.0865 e. The lowest BCUT2D eigenvalue weighted by atomic mass is 9.89. The van der Waals surface area contributed by atoms with Gasteiger partial charge in [0.25, 0.3) is 0 Å².